The van der Waals surface area contributed by atoms with Crippen molar-refractivity contribution in [2.24, 2.45) is 0 Å². The fourth-order valence-corrected chi connectivity index (χ4v) is 19.2. The summed E-state index contributed by atoms with van der Waals surface area (Å²) in [6.45, 7) is 7.49. The molecule has 0 amide bonds. The fourth-order valence-electron chi connectivity index (χ4n) is 3.82. The molecule has 4 heteroatoms. The molecule has 0 atom stereocenters. The molecule has 0 bridgehead atoms. The van der Waals surface area contributed by atoms with Gasteiger partial charge in [0.2, 0.25) is 0 Å². The van der Waals surface area contributed by atoms with Crippen molar-refractivity contribution in [1.29, 1.82) is 0 Å². The van der Waals surface area contributed by atoms with E-state index in [4.69, 9.17) is 20.8 Å². The monoisotopic (exact) mass is 486 g/mol. The molecule has 1 aromatic carbocycles. The average Bonchev–Trinajstić information content (AvgIpc) is 3.10. The molecule has 0 unspecified atom stereocenters. The molecule has 1 aromatic heterocycles. The number of rotatable bonds is 13. The minimum absolute atomic E-state index is 0.513. The number of benzene rings is 1. The van der Waals surface area contributed by atoms with Crippen LogP contribution in [0.3, 0.4) is 0 Å². The number of hydrogen-bond acceptors (Lipinski definition) is 2. The Morgan fingerprint density at radius 3 is 2.08 bits per heavy atom. The van der Waals surface area contributed by atoms with Gasteiger partial charge in [-0.15, -0.1) is 0 Å². The SMILES string of the molecule is CCC[CH2][Sn]([CH2]CCC)([CH2]CCC)[c]1cc2cc(OCCCl)ccc2o1. The van der Waals surface area contributed by atoms with E-state index in [1.54, 1.807) is 0 Å². The molecule has 0 fully saturated rings. The van der Waals surface area contributed by atoms with Crippen molar-refractivity contribution in [3.63, 3.8) is 0 Å². The van der Waals surface area contributed by atoms with Crippen molar-refractivity contribution in [3.8, 4) is 5.75 Å². The Kier molecular flexibility index (Phi) is 9.69. The maximum absolute atomic E-state index is 6.50. The summed E-state index contributed by atoms with van der Waals surface area (Å²) in [5, 5.41) is 1.19. The van der Waals surface area contributed by atoms with Crippen LogP contribution in [-0.4, -0.2) is 30.9 Å². The molecule has 2 aromatic rings. The van der Waals surface area contributed by atoms with Gasteiger partial charge in [-0.1, -0.05) is 0 Å². The van der Waals surface area contributed by atoms with E-state index < -0.39 is 18.4 Å². The van der Waals surface area contributed by atoms with E-state index >= 15 is 0 Å². The van der Waals surface area contributed by atoms with E-state index in [9.17, 15) is 0 Å². The van der Waals surface area contributed by atoms with Crippen molar-refractivity contribution in [1.82, 2.24) is 0 Å². The predicted molar refractivity (Wildman–Crippen MR) is 117 cm³/mol. The Labute approximate surface area is 168 Å². The van der Waals surface area contributed by atoms with Crippen LogP contribution in [-0.2, 0) is 0 Å². The Morgan fingerprint density at radius 2 is 1.54 bits per heavy atom. The van der Waals surface area contributed by atoms with Gasteiger partial charge in [-0.2, -0.15) is 0 Å². The summed E-state index contributed by atoms with van der Waals surface area (Å²) in [5.74, 6) is 1.40. The summed E-state index contributed by atoms with van der Waals surface area (Å²) in [4.78, 5) is 0. The molecular weight excluding hydrogens is 450 g/mol. The zero-order valence-electron chi connectivity index (χ0n) is 16.8. The standard InChI is InChI=1S/C10H8ClO2.3C4H9.Sn/c11-4-6-12-9-1-2-10-8(7-9)3-5-13-10;3*1-3-4-2;/h1-3,7H,4,6H2;3*1,3-4H2,2H3;. The average molecular weight is 486 g/mol. The van der Waals surface area contributed by atoms with Crippen LogP contribution in [0.2, 0.25) is 13.3 Å². The molecular formula is C22H35ClO2Sn. The maximum atomic E-state index is 6.50. The second kappa shape index (κ2) is 11.5. The van der Waals surface area contributed by atoms with Crippen LogP contribution in [0, 0.1) is 0 Å². The molecule has 0 N–H and O–H groups in total. The van der Waals surface area contributed by atoms with Gasteiger partial charge in [-0.05, 0) is 0 Å². The number of fused-ring (bicyclic) bond motifs is 1. The van der Waals surface area contributed by atoms with Gasteiger partial charge in [0.25, 0.3) is 0 Å². The van der Waals surface area contributed by atoms with Crippen LogP contribution in [0.4, 0.5) is 0 Å². The van der Waals surface area contributed by atoms with Crippen molar-refractivity contribution < 1.29 is 9.15 Å². The number of hydrogen-bond donors (Lipinski definition) is 0. The van der Waals surface area contributed by atoms with E-state index in [0.29, 0.717) is 12.5 Å². The molecule has 0 saturated heterocycles. The van der Waals surface area contributed by atoms with E-state index in [2.05, 4.69) is 39.0 Å². The van der Waals surface area contributed by atoms with Crippen LogP contribution in [0.1, 0.15) is 59.3 Å². The van der Waals surface area contributed by atoms with Gasteiger partial charge in [0.15, 0.2) is 0 Å². The topological polar surface area (TPSA) is 22.4 Å². The number of halogens is 1. The molecule has 2 rings (SSSR count). The first-order valence-electron chi connectivity index (χ1n) is 10.4. The summed E-state index contributed by atoms with van der Waals surface area (Å²) >= 11 is 3.25. The van der Waals surface area contributed by atoms with Crippen molar-refractivity contribution >= 4 is 44.7 Å². The zero-order valence-corrected chi connectivity index (χ0v) is 20.4. The fraction of sp³-hybridized carbons (Fsp3) is 0.636. The number of furan rings is 1. The Bertz CT molecular complexity index is 631. The van der Waals surface area contributed by atoms with Gasteiger partial charge in [0.05, 0.1) is 0 Å². The second-order valence-corrected chi connectivity index (χ2v) is 20.8. The first-order valence-corrected chi connectivity index (χ1v) is 18.4. The predicted octanol–water partition coefficient (Wildman–Crippen LogP) is 7.11. The molecule has 0 radical (unpaired) electrons. The van der Waals surface area contributed by atoms with Gasteiger partial charge in [-0.25, -0.2) is 0 Å². The van der Waals surface area contributed by atoms with Gasteiger partial charge < -0.3 is 0 Å². The zero-order chi connectivity index (χ0) is 18.8. The molecule has 1 heterocycles. The summed E-state index contributed by atoms with van der Waals surface area (Å²) in [7, 11) is 0. The molecule has 0 aliphatic rings. The summed E-state index contributed by atoms with van der Waals surface area (Å²) < 4.78 is 17.9. The Hall–Kier alpha value is -0.351. The third-order valence-electron chi connectivity index (χ3n) is 5.38. The molecule has 0 saturated carbocycles. The summed E-state index contributed by atoms with van der Waals surface area (Å²) in [6.07, 6.45) is 7.91. The van der Waals surface area contributed by atoms with Crippen LogP contribution in [0.15, 0.2) is 28.7 Å². The van der Waals surface area contributed by atoms with Crippen molar-refractivity contribution in [3.05, 3.63) is 24.3 Å². The van der Waals surface area contributed by atoms with Crippen LogP contribution in [0.5, 0.6) is 5.75 Å². The molecule has 146 valence electrons. The van der Waals surface area contributed by atoms with Gasteiger partial charge in [-0.3, -0.25) is 0 Å². The van der Waals surface area contributed by atoms with Crippen LogP contribution in [0.25, 0.3) is 11.0 Å². The summed E-state index contributed by atoms with van der Waals surface area (Å²) in [5.41, 5.74) is 1.02. The van der Waals surface area contributed by atoms with Crippen LogP contribution >= 0.6 is 11.6 Å². The summed E-state index contributed by atoms with van der Waals surface area (Å²) in [6, 6.07) is 8.55. The molecule has 0 aliphatic carbocycles. The normalized spacial score (nSPS) is 12.0. The van der Waals surface area contributed by atoms with E-state index in [-0.39, 0.29) is 0 Å². The van der Waals surface area contributed by atoms with E-state index in [0.717, 1.165) is 11.3 Å². The van der Waals surface area contributed by atoms with Crippen molar-refractivity contribution in [2.45, 2.75) is 72.6 Å². The van der Waals surface area contributed by atoms with Gasteiger partial charge in [0.1, 0.15) is 0 Å². The molecule has 0 spiro atoms. The Balaban J connectivity index is 2.36. The number of alkyl halides is 1. The first kappa shape index (κ1) is 21.9. The van der Waals surface area contributed by atoms with Crippen molar-refractivity contribution in [2.75, 3.05) is 12.5 Å². The third-order valence-corrected chi connectivity index (χ3v) is 20.4. The number of unbranched alkanes of at least 4 members (excludes halogenated alkanes) is 3. The third kappa shape index (κ3) is 5.82. The Morgan fingerprint density at radius 1 is 0.923 bits per heavy atom. The molecule has 0 aliphatic heterocycles. The van der Waals surface area contributed by atoms with Gasteiger partial charge >= 0.3 is 169 Å². The molecule has 26 heavy (non-hydrogen) atoms. The van der Waals surface area contributed by atoms with E-state index in [1.807, 2.05) is 6.07 Å². The molecule has 2 nitrogen and oxygen atoms in total. The second-order valence-electron chi connectivity index (χ2n) is 7.44. The quantitative estimate of drug-likeness (QED) is 0.223. The van der Waals surface area contributed by atoms with E-state index in [1.165, 1.54) is 61.0 Å². The van der Waals surface area contributed by atoms with Crippen LogP contribution < -0.4 is 8.51 Å². The first-order chi connectivity index (χ1) is 12.7. The minimum atomic E-state index is -2.49. The number of ether oxygens (including phenoxy) is 1. The van der Waals surface area contributed by atoms with Gasteiger partial charge in [0, 0.05) is 0 Å².